The first kappa shape index (κ1) is 13.0. The van der Waals surface area contributed by atoms with E-state index >= 15 is 0 Å². The molecular formula is C11H14N2O4. The lowest BCUT2D eigenvalue weighted by molar-refractivity contribution is -0.385. The minimum atomic E-state index is -0.728. The highest BCUT2D eigenvalue weighted by Crippen LogP contribution is 2.28. The molecule has 17 heavy (non-hydrogen) atoms. The number of nitro benzene ring substituents is 1. The Morgan fingerprint density at radius 2 is 2.18 bits per heavy atom. The summed E-state index contributed by atoms with van der Waals surface area (Å²) < 4.78 is 0. The van der Waals surface area contributed by atoms with E-state index in [1.54, 1.807) is 0 Å². The van der Waals surface area contributed by atoms with Crippen molar-refractivity contribution in [1.29, 1.82) is 0 Å². The molecule has 0 saturated carbocycles. The summed E-state index contributed by atoms with van der Waals surface area (Å²) in [5.74, 6) is -0.849. The molecule has 0 atom stereocenters. The Labute approximate surface area is 98.4 Å². The standard InChI is InChI=1S/C11H14N2O4/c1-7(2)6-12-11(15)8-4-3-5-9(10(8)14)13(16)17/h3-5,7,14H,6H2,1-2H3,(H,12,15). The van der Waals surface area contributed by atoms with Crippen molar-refractivity contribution in [2.75, 3.05) is 6.54 Å². The van der Waals surface area contributed by atoms with E-state index in [0.717, 1.165) is 6.07 Å². The van der Waals surface area contributed by atoms with Gasteiger partial charge in [0.15, 0.2) is 0 Å². The molecule has 0 aliphatic carbocycles. The van der Waals surface area contributed by atoms with E-state index in [9.17, 15) is 20.0 Å². The summed E-state index contributed by atoms with van der Waals surface area (Å²) in [6, 6.07) is 3.86. The van der Waals surface area contributed by atoms with E-state index in [-0.39, 0.29) is 11.5 Å². The number of para-hydroxylation sites is 1. The van der Waals surface area contributed by atoms with Gasteiger partial charge in [-0.3, -0.25) is 14.9 Å². The third-order valence-electron chi connectivity index (χ3n) is 2.13. The number of nitro groups is 1. The fourth-order valence-electron chi connectivity index (χ4n) is 1.25. The fraction of sp³-hybridized carbons (Fsp3) is 0.364. The number of aromatic hydroxyl groups is 1. The number of benzene rings is 1. The van der Waals surface area contributed by atoms with Crippen molar-refractivity contribution >= 4 is 11.6 Å². The summed E-state index contributed by atoms with van der Waals surface area (Å²) in [7, 11) is 0. The van der Waals surface area contributed by atoms with Gasteiger partial charge in [-0.2, -0.15) is 0 Å². The second kappa shape index (κ2) is 5.29. The molecule has 1 aromatic carbocycles. The summed E-state index contributed by atoms with van der Waals surface area (Å²) in [4.78, 5) is 21.5. The van der Waals surface area contributed by atoms with E-state index in [0.29, 0.717) is 6.54 Å². The van der Waals surface area contributed by atoms with Crippen molar-refractivity contribution in [2.45, 2.75) is 13.8 Å². The van der Waals surface area contributed by atoms with E-state index in [2.05, 4.69) is 5.32 Å². The molecule has 0 saturated heterocycles. The van der Waals surface area contributed by atoms with Crippen LogP contribution in [-0.2, 0) is 0 Å². The van der Waals surface area contributed by atoms with Gasteiger partial charge >= 0.3 is 5.69 Å². The van der Waals surface area contributed by atoms with Gasteiger partial charge in [-0.25, -0.2) is 0 Å². The lowest BCUT2D eigenvalue weighted by Crippen LogP contribution is -2.27. The number of nitrogens with zero attached hydrogens (tertiary/aromatic N) is 1. The largest absolute Gasteiger partial charge is 0.502 e. The van der Waals surface area contributed by atoms with Gasteiger partial charge in [-0.05, 0) is 12.0 Å². The van der Waals surface area contributed by atoms with Gasteiger partial charge < -0.3 is 10.4 Å². The average Bonchev–Trinajstić information content (AvgIpc) is 2.25. The number of rotatable bonds is 4. The van der Waals surface area contributed by atoms with Crippen molar-refractivity contribution in [2.24, 2.45) is 5.92 Å². The first-order chi connectivity index (χ1) is 7.93. The Balaban J connectivity index is 2.95. The topological polar surface area (TPSA) is 92.5 Å². The van der Waals surface area contributed by atoms with Crippen molar-refractivity contribution < 1.29 is 14.8 Å². The summed E-state index contributed by atoms with van der Waals surface area (Å²) in [5, 5.41) is 22.8. The summed E-state index contributed by atoms with van der Waals surface area (Å²) in [6.45, 7) is 4.29. The zero-order valence-electron chi connectivity index (χ0n) is 9.64. The Morgan fingerprint density at radius 3 is 2.71 bits per heavy atom. The maximum Gasteiger partial charge on any atom is 0.311 e. The number of nitrogens with one attached hydrogen (secondary N) is 1. The fourth-order valence-corrected chi connectivity index (χ4v) is 1.25. The van der Waals surface area contributed by atoms with Crippen LogP contribution in [0.1, 0.15) is 24.2 Å². The van der Waals surface area contributed by atoms with Gasteiger partial charge in [0.2, 0.25) is 5.75 Å². The Hall–Kier alpha value is -2.11. The van der Waals surface area contributed by atoms with Crippen LogP contribution in [-0.4, -0.2) is 22.5 Å². The van der Waals surface area contributed by atoms with Crippen molar-refractivity contribution in [1.82, 2.24) is 5.32 Å². The quantitative estimate of drug-likeness (QED) is 0.616. The maximum absolute atomic E-state index is 11.7. The van der Waals surface area contributed by atoms with Crippen LogP contribution in [0.3, 0.4) is 0 Å². The van der Waals surface area contributed by atoms with Gasteiger partial charge in [0.25, 0.3) is 5.91 Å². The van der Waals surface area contributed by atoms with Gasteiger partial charge in [-0.15, -0.1) is 0 Å². The van der Waals surface area contributed by atoms with Crippen LogP contribution in [0.15, 0.2) is 18.2 Å². The highest BCUT2D eigenvalue weighted by molar-refractivity contribution is 5.98. The Morgan fingerprint density at radius 1 is 1.53 bits per heavy atom. The van der Waals surface area contributed by atoms with Crippen LogP contribution in [0.25, 0.3) is 0 Å². The molecule has 0 radical (unpaired) electrons. The van der Waals surface area contributed by atoms with Crippen LogP contribution in [0.5, 0.6) is 5.75 Å². The SMILES string of the molecule is CC(C)CNC(=O)c1cccc([N+](=O)[O-])c1O. The normalized spacial score (nSPS) is 10.3. The van der Waals surface area contributed by atoms with Gasteiger partial charge in [0.1, 0.15) is 0 Å². The molecule has 0 bridgehead atoms. The van der Waals surface area contributed by atoms with Crippen molar-refractivity contribution in [3.8, 4) is 5.75 Å². The molecule has 92 valence electrons. The molecule has 0 unspecified atom stereocenters. The third kappa shape index (κ3) is 3.17. The monoisotopic (exact) mass is 238 g/mol. The predicted octanol–water partition coefficient (Wildman–Crippen LogP) is 1.69. The lowest BCUT2D eigenvalue weighted by Gasteiger charge is -2.08. The van der Waals surface area contributed by atoms with Gasteiger partial charge in [-0.1, -0.05) is 19.9 Å². The Kier molecular flexibility index (Phi) is 4.03. The van der Waals surface area contributed by atoms with Crippen LogP contribution in [0, 0.1) is 16.0 Å². The van der Waals surface area contributed by atoms with Crippen molar-refractivity contribution in [3.05, 3.63) is 33.9 Å². The second-order valence-corrected chi connectivity index (χ2v) is 4.03. The second-order valence-electron chi connectivity index (χ2n) is 4.03. The predicted molar refractivity (Wildman–Crippen MR) is 61.9 cm³/mol. The molecule has 1 rings (SSSR count). The van der Waals surface area contributed by atoms with E-state index in [1.807, 2.05) is 13.8 Å². The van der Waals surface area contributed by atoms with Crippen LogP contribution in [0.2, 0.25) is 0 Å². The van der Waals surface area contributed by atoms with Crippen LogP contribution >= 0.6 is 0 Å². The maximum atomic E-state index is 11.7. The number of hydrogen-bond acceptors (Lipinski definition) is 4. The number of carbonyl (C=O) groups is 1. The first-order valence-corrected chi connectivity index (χ1v) is 5.18. The number of hydrogen-bond donors (Lipinski definition) is 2. The van der Waals surface area contributed by atoms with Crippen molar-refractivity contribution in [3.63, 3.8) is 0 Å². The number of carbonyl (C=O) groups excluding carboxylic acids is 1. The Bertz CT molecular complexity index is 443. The number of phenols is 1. The van der Waals surface area contributed by atoms with E-state index < -0.39 is 22.3 Å². The molecule has 1 aromatic rings. The molecule has 6 nitrogen and oxygen atoms in total. The highest BCUT2D eigenvalue weighted by atomic mass is 16.6. The summed E-state index contributed by atoms with van der Waals surface area (Å²) in [5.41, 5.74) is -0.554. The number of phenolic OH excluding ortho intramolecular Hbond substituents is 1. The van der Waals surface area contributed by atoms with E-state index in [1.165, 1.54) is 12.1 Å². The third-order valence-corrected chi connectivity index (χ3v) is 2.13. The smallest absolute Gasteiger partial charge is 0.311 e. The first-order valence-electron chi connectivity index (χ1n) is 5.18. The molecule has 0 spiro atoms. The van der Waals surface area contributed by atoms with Gasteiger partial charge in [0, 0.05) is 12.6 Å². The minimum Gasteiger partial charge on any atom is -0.502 e. The van der Waals surface area contributed by atoms with Crippen LogP contribution < -0.4 is 5.32 Å². The molecule has 0 aromatic heterocycles. The summed E-state index contributed by atoms with van der Waals surface area (Å²) >= 11 is 0. The van der Waals surface area contributed by atoms with Crippen LogP contribution in [0.4, 0.5) is 5.69 Å². The lowest BCUT2D eigenvalue weighted by atomic mass is 10.1. The molecule has 0 aliphatic rings. The molecule has 0 fully saturated rings. The highest BCUT2D eigenvalue weighted by Gasteiger charge is 2.20. The average molecular weight is 238 g/mol. The minimum absolute atomic E-state index is 0.0835. The molecular weight excluding hydrogens is 224 g/mol. The van der Waals surface area contributed by atoms with E-state index in [4.69, 9.17) is 0 Å². The molecule has 6 heteroatoms. The molecule has 1 amide bonds. The number of amides is 1. The molecule has 2 N–H and O–H groups in total. The summed E-state index contributed by atoms with van der Waals surface area (Å²) in [6.07, 6.45) is 0. The zero-order chi connectivity index (χ0) is 13.0. The zero-order valence-corrected chi connectivity index (χ0v) is 9.64. The molecule has 0 heterocycles. The molecule has 0 aliphatic heterocycles. The van der Waals surface area contributed by atoms with Gasteiger partial charge in [0.05, 0.1) is 10.5 Å².